The molecule has 0 aliphatic carbocycles. The van der Waals surface area contributed by atoms with Gasteiger partial charge >= 0.3 is 5.97 Å². The van der Waals surface area contributed by atoms with Crippen molar-refractivity contribution in [2.45, 2.75) is 28.7 Å². The standard InChI is InChI=1S/C23H26N2O5S2/c1-4-5-9-18-16-25(17-10-7-6-8-11-17)19-14-21(31-3)20(30-13-12-23(26)27)15-22(19)32(28,29)24(18)2/h4,6-8,10-15,18H,1,5,9,16H2,2-3H3,(H,26,27). The number of ether oxygens (including phenoxy) is 1. The molecular formula is C23H26N2O5S2. The quantitative estimate of drug-likeness (QED) is 0.261. The minimum atomic E-state index is -3.84. The molecule has 3 rings (SSSR count). The van der Waals surface area contributed by atoms with Crippen LogP contribution in [0.25, 0.3) is 0 Å². The molecule has 7 nitrogen and oxygen atoms in total. The van der Waals surface area contributed by atoms with Crippen LogP contribution in [0.3, 0.4) is 0 Å². The number of carbonyl (C=O) groups is 1. The van der Waals surface area contributed by atoms with Crippen LogP contribution >= 0.6 is 11.8 Å². The Morgan fingerprint density at radius 2 is 2.03 bits per heavy atom. The molecule has 32 heavy (non-hydrogen) atoms. The number of aliphatic carboxylic acids is 1. The summed E-state index contributed by atoms with van der Waals surface area (Å²) in [5.41, 5.74) is 1.44. The van der Waals surface area contributed by atoms with Crippen molar-refractivity contribution in [1.29, 1.82) is 0 Å². The minimum absolute atomic E-state index is 0.112. The fraction of sp³-hybridized carbons (Fsp3) is 0.261. The fourth-order valence-corrected chi connectivity index (χ4v) is 5.68. The van der Waals surface area contributed by atoms with Crippen molar-refractivity contribution in [3.05, 3.63) is 67.5 Å². The molecule has 0 radical (unpaired) electrons. The fourth-order valence-electron chi connectivity index (χ4n) is 3.58. The number of nitrogens with zero attached hydrogens (tertiary/aromatic N) is 2. The summed E-state index contributed by atoms with van der Waals surface area (Å²) in [7, 11) is -2.25. The topological polar surface area (TPSA) is 87.1 Å². The Labute approximate surface area is 193 Å². The second-order valence-corrected chi connectivity index (χ2v) is 10.0. The zero-order chi connectivity index (χ0) is 23.3. The van der Waals surface area contributed by atoms with Gasteiger partial charge in [0.05, 0.1) is 22.9 Å². The molecule has 2 aromatic carbocycles. The van der Waals surface area contributed by atoms with E-state index in [9.17, 15) is 13.2 Å². The van der Waals surface area contributed by atoms with Crippen molar-refractivity contribution in [2.75, 3.05) is 24.7 Å². The molecule has 0 bridgehead atoms. The molecule has 0 spiro atoms. The summed E-state index contributed by atoms with van der Waals surface area (Å²) in [5, 5.41) is 8.84. The number of para-hydroxylation sites is 1. The highest BCUT2D eigenvalue weighted by Crippen LogP contribution is 2.43. The van der Waals surface area contributed by atoms with E-state index in [-0.39, 0.29) is 16.7 Å². The second kappa shape index (κ2) is 10.2. The average Bonchev–Trinajstić information content (AvgIpc) is 2.86. The highest BCUT2D eigenvalue weighted by atomic mass is 32.2. The Morgan fingerprint density at radius 3 is 2.66 bits per heavy atom. The first-order valence-electron chi connectivity index (χ1n) is 9.99. The number of anilines is 2. The monoisotopic (exact) mass is 474 g/mol. The van der Waals surface area contributed by atoms with Gasteiger partial charge in [-0.15, -0.1) is 18.3 Å². The number of thioether (sulfide) groups is 1. The molecule has 0 saturated heterocycles. The second-order valence-electron chi connectivity index (χ2n) is 7.22. The molecule has 1 heterocycles. The van der Waals surface area contributed by atoms with E-state index in [0.29, 0.717) is 30.0 Å². The molecular weight excluding hydrogens is 448 g/mol. The third kappa shape index (κ3) is 5.01. The number of carboxylic acid groups (broad SMARTS) is 1. The third-order valence-corrected chi connectivity index (χ3v) is 7.98. The molecule has 9 heteroatoms. The first-order chi connectivity index (χ1) is 15.3. The lowest BCUT2D eigenvalue weighted by Crippen LogP contribution is -2.40. The molecule has 2 aromatic rings. The molecule has 0 fully saturated rings. The maximum atomic E-state index is 13.6. The lowest BCUT2D eigenvalue weighted by Gasteiger charge is -2.29. The molecule has 1 unspecified atom stereocenters. The van der Waals surface area contributed by atoms with Crippen LogP contribution < -0.4 is 9.64 Å². The van der Waals surface area contributed by atoms with Crippen molar-refractivity contribution in [2.24, 2.45) is 0 Å². The first kappa shape index (κ1) is 23.9. The van der Waals surface area contributed by atoms with Gasteiger partial charge in [-0.2, -0.15) is 4.31 Å². The largest absolute Gasteiger partial charge is 0.478 e. The molecule has 1 aliphatic rings. The third-order valence-electron chi connectivity index (χ3n) is 5.28. The van der Waals surface area contributed by atoms with Gasteiger partial charge < -0.3 is 14.7 Å². The van der Waals surface area contributed by atoms with Gasteiger partial charge in [-0.25, -0.2) is 13.2 Å². The first-order valence-corrected chi connectivity index (χ1v) is 12.7. The Kier molecular flexibility index (Phi) is 7.65. The van der Waals surface area contributed by atoms with Crippen LogP contribution in [-0.2, 0) is 14.8 Å². The Bertz CT molecular complexity index is 1120. The van der Waals surface area contributed by atoms with E-state index in [1.54, 1.807) is 19.2 Å². The summed E-state index contributed by atoms with van der Waals surface area (Å²) >= 11 is 1.39. The van der Waals surface area contributed by atoms with Crippen molar-refractivity contribution < 1.29 is 23.1 Å². The maximum absolute atomic E-state index is 13.6. The van der Waals surface area contributed by atoms with Crippen LogP contribution in [0, 0.1) is 0 Å². The summed E-state index contributed by atoms with van der Waals surface area (Å²) in [5.74, 6) is -0.874. The van der Waals surface area contributed by atoms with Crippen molar-refractivity contribution in [1.82, 2.24) is 4.31 Å². The Hall–Kier alpha value is -2.75. The highest BCUT2D eigenvalue weighted by molar-refractivity contribution is 7.98. The van der Waals surface area contributed by atoms with Crippen molar-refractivity contribution in [3.8, 4) is 5.75 Å². The molecule has 1 aliphatic heterocycles. The van der Waals surface area contributed by atoms with E-state index in [4.69, 9.17) is 9.84 Å². The van der Waals surface area contributed by atoms with Crippen LogP contribution in [0.2, 0.25) is 0 Å². The van der Waals surface area contributed by atoms with Gasteiger partial charge in [-0.1, -0.05) is 24.3 Å². The summed E-state index contributed by atoms with van der Waals surface area (Å²) in [6.45, 7) is 4.25. The van der Waals surface area contributed by atoms with Crippen LogP contribution in [0.15, 0.2) is 77.2 Å². The van der Waals surface area contributed by atoms with Gasteiger partial charge in [-0.3, -0.25) is 0 Å². The van der Waals surface area contributed by atoms with E-state index in [1.165, 1.54) is 22.1 Å². The van der Waals surface area contributed by atoms with Gasteiger partial charge in [0.25, 0.3) is 0 Å². The predicted molar refractivity (Wildman–Crippen MR) is 127 cm³/mol. The zero-order valence-electron chi connectivity index (χ0n) is 18.0. The van der Waals surface area contributed by atoms with Gasteiger partial charge in [0.15, 0.2) is 0 Å². The van der Waals surface area contributed by atoms with E-state index in [1.807, 2.05) is 41.5 Å². The number of fused-ring (bicyclic) bond motifs is 1. The molecule has 0 saturated carbocycles. The number of benzene rings is 2. The van der Waals surface area contributed by atoms with Crippen LogP contribution in [-0.4, -0.2) is 49.7 Å². The zero-order valence-corrected chi connectivity index (χ0v) is 19.6. The highest BCUT2D eigenvalue weighted by Gasteiger charge is 2.37. The smallest absolute Gasteiger partial charge is 0.331 e. The summed E-state index contributed by atoms with van der Waals surface area (Å²) < 4.78 is 34.1. The summed E-state index contributed by atoms with van der Waals surface area (Å²) in [6, 6.07) is 12.7. The molecule has 1 atom stereocenters. The van der Waals surface area contributed by atoms with Crippen LogP contribution in [0.1, 0.15) is 12.8 Å². The van der Waals surface area contributed by atoms with E-state index >= 15 is 0 Å². The molecule has 0 amide bonds. The van der Waals surface area contributed by atoms with Gasteiger partial charge in [-0.05, 0) is 37.3 Å². The van der Waals surface area contributed by atoms with Gasteiger partial charge in [0.2, 0.25) is 10.0 Å². The number of carboxylic acids is 1. The van der Waals surface area contributed by atoms with E-state index in [0.717, 1.165) is 18.0 Å². The minimum Gasteiger partial charge on any atom is -0.478 e. The van der Waals surface area contributed by atoms with Crippen LogP contribution in [0.4, 0.5) is 11.4 Å². The lowest BCUT2D eigenvalue weighted by molar-refractivity contribution is -0.131. The summed E-state index contributed by atoms with van der Waals surface area (Å²) in [4.78, 5) is 13.6. The van der Waals surface area contributed by atoms with Gasteiger partial charge in [0.1, 0.15) is 10.6 Å². The number of likely N-dealkylation sites (N-methyl/N-ethyl adjacent to an activating group) is 1. The number of hydrogen-bond donors (Lipinski definition) is 1. The van der Waals surface area contributed by atoms with Crippen LogP contribution in [0.5, 0.6) is 5.75 Å². The number of hydrogen-bond acceptors (Lipinski definition) is 6. The molecule has 170 valence electrons. The predicted octanol–water partition coefficient (Wildman–Crippen LogP) is 4.49. The number of rotatable bonds is 8. The van der Waals surface area contributed by atoms with Crippen molar-refractivity contribution >= 4 is 39.1 Å². The SMILES string of the molecule is C=CCCC1CN(c2ccccc2)c2cc(SC)c(OC=CC(=O)O)cc2S(=O)(=O)N1C. The molecule has 0 aromatic heterocycles. The van der Waals surface area contributed by atoms with E-state index in [2.05, 4.69) is 6.58 Å². The maximum Gasteiger partial charge on any atom is 0.331 e. The Morgan fingerprint density at radius 1 is 1.31 bits per heavy atom. The average molecular weight is 475 g/mol. The molecule has 1 N–H and O–H groups in total. The summed E-state index contributed by atoms with van der Waals surface area (Å²) in [6.07, 6.45) is 6.87. The lowest BCUT2D eigenvalue weighted by atomic mass is 10.1. The van der Waals surface area contributed by atoms with Gasteiger partial charge in [0, 0.05) is 31.4 Å². The number of allylic oxidation sites excluding steroid dienone is 1. The van der Waals surface area contributed by atoms with E-state index < -0.39 is 16.0 Å². The number of sulfonamides is 1. The Balaban J connectivity index is 2.21. The van der Waals surface area contributed by atoms with Crippen molar-refractivity contribution in [3.63, 3.8) is 0 Å². The normalized spacial score (nSPS) is 18.2.